The quantitative estimate of drug-likeness (QED) is 0.251. The molecule has 0 N–H and O–H groups in total. The van der Waals surface area contributed by atoms with Gasteiger partial charge in [-0.25, -0.2) is 9.59 Å². The molecule has 2 rings (SSSR count). The summed E-state index contributed by atoms with van der Waals surface area (Å²) in [5, 5.41) is 0. The lowest BCUT2D eigenvalue weighted by Gasteiger charge is -2.15. The number of benzene rings is 2. The van der Waals surface area contributed by atoms with Crippen molar-refractivity contribution in [1.29, 1.82) is 0 Å². The highest BCUT2D eigenvalue weighted by atomic mass is 17.3. The zero-order valence-corrected chi connectivity index (χ0v) is 18.0. The van der Waals surface area contributed by atoms with Crippen LogP contribution >= 0.6 is 0 Å². The lowest BCUT2D eigenvalue weighted by atomic mass is 10.2. The minimum Gasteiger partial charge on any atom is -0.494 e. The van der Waals surface area contributed by atoms with E-state index in [4.69, 9.17) is 29.0 Å². The van der Waals surface area contributed by atoms with Crippen molar-refractivity contribution in [2.45, 2.75) is 46.3 Å². The predicted octanol–water partition coefficient (Wildman–Crippen LogP) is 4.88. The highest BCUT2D eigenvalue weighted by molar-refractivity contribution is 5.89. The summed E-state index contributed by atoms with van der Waals surface area (Å²) in [4.78, 5) is 44.2. The molecule has 0 amide bonds. The molecule has 0 saturated carbocycles. The molecule has 0 aliphatic heterocycles. The van der Waals surface area contributed by atoms with Gasteiger partial charge in [-0.15, -0.1) is 9.78 Å². The Bertz CT molecular complexity index is 736. The third-order valence-electron chi connectivity index (χ3n) is 4.06. The molecule has 0 fully saturated rings. The summed E-state index contributed by atoms with van der Waals surface area (Å²) in [6.45, 7) is 6.77. The van der Waals surface area contributed by atoms with E-state index in [1.165, 1.54) is 0 Å². The molecule has 0 radical (unpaired) electrons. The number of unbranched alkanes of at least 4 members (excludes halogenated alkanes) is 1. The number of hydrogen-bond acceptors (Lipinski definition) is 8. The Kier molecular flexibility index (Phi) is 10.3. The molecule has 8 heteroatoms. The van der Waals surface area contributed by atoms with Crippen molar-refractivity contribution in [3.63, 3.8) is 0 Å². The van der Waals surface area contributed by atoms with Gasteiger partial charge in [0.05, 0.1) is 24.3 Å². The Morgan fingerprint density at radius 1 is 0.710 bits per heavy atom. The van der Waals surface area contributed by atoms with Crippen molar-refractivity contribution in [1.82, 2.24) is 0 Å². The van der Waals surface area contributed by atoms with Gasteiger partial charge < -0.3 is 9.47 Å². The van der Waals surface area contributed by atoms with Gasteiger partial charge in [0.1, 0.15) is 11.5 Å². The van der Waals surface area contributed by atoms with Crippen LogP contribution in [0.4, 0.5) is 0 Å². The van der Waals surface area contributed by atoms with Crippen molar-refractivity contribution < 1.29 is 38.6 Å². The number of carbonyl (C=O) groups excluding carboxylic acids is 2. The van der Waals surface area contributed by atoms with Gasteiger partial charge in [-0.1, -0.05) is 13.3 Å². The van der Waals surface area contributed by atoms with Gasteiger partial charge in [0, 0.05) is 6.42 Å². The Labute approximate surface area is 181 Å². The summed E-state index contributed by atoms with van der Waals surface area (Å²) >= 11 is 0. The van der Waals surface area contributed by atoms with E-state index in [0.717, 1.165) is 6.42 Å². The largest absolute Gasteiger partial charge is 0.494 e. The molecule has 2 aromatic rings. The average molecular weight is 432 g/mol. The van der Waals surface area contributed by atoms with Crippen LogP contribution in [0.15, 0.2) is 48.5 Å². The van der Waals surface area contributed by atoms with Crippen LogP contribution in [0.25, 0.3) is 0 Å². The summed E-state index contributed by atoms with van der Waals surface area (Å²) in [5.41, 5.74) is 0.563. The monoisotopic (exact) mass is 432 g/mol. The van der Waals surface area contributed by atoms with Crippen molar-refractivity contribution >= 4 is 11.9 Å². The van der Waals surface area contributed by atoms with Gasteiger partial charge in [-0.3, -0.25) is 9.78 Å². The molecule has 0 heterocycles. The lowest BCUT2D eigenvalue weighted by Crippen LogP contribution is -2.22. The minimum atomic E-state index is -1.06. The Morgan fingerprint density at radius 2 is 1.13 bits per heavy atom. The molecule has 8 nitrogen and oxygen atoms in total. The van der Waals surface area contributed by atoms with Gasteiger partial charge in [0.15, 0.2) is 0 Å². The van der Waals surface area contributed by atoms with E-state index >= 15 is 0 Å². The van der Waals surface area contributed by atoms with Crippen molar-refractivity contribution in [3.05, 3.63) is 59.7 Å². The molecule has 0 bridgehead atoms. The molecule has 0 unspecified atom stereocenters. The van der Waals surface area contributed by atoms with Gasteiger partial charge >= 0.3 is 11.9 Å². The average Bonchev–Trinajstić information content (AvgIpc) is 2.79. The van der Waals surface area contributed by atoms with Crippen molar-refractivity contribution in [2.75, 3.05) is 13.2 Å². The summed E-state index contributed by atoms with van der Waals surface area (Å²) in [6, 6.07) is 12.9. The molecule has 0 aliphatic carbocycles. The van der Waals surface area contributed by atoms with Crippen LogP contribution < -0.4 is 9.47 Å². The fourth-order valence-electron chi connectivity index (χ4n) is 2.48. The van der Waals surface area contributed by atoms with Crippen LogP contribution in [0.1, 0.15) is 60.7 Å². The van der Waals surface area contributed by atoms with Crippen molar-refractivity contribution in [3.8, 4) is 11.5 Å². The van der Waals surface area contributed by atoms with Crippen LogP contribution in [0.5, 0.6) is 11.5 Å². The molecule has 2 aromatic carbocycles. The zero-order chi connectivity index (χ0) is 22.5. The van der Waals surface area contributed by atoms with Crippen LogP contribution in [-0.4, -0.2) is 31.4 Å². The third kappa shape index (κ3) is 8.27. The number of ether oxygens (including phenoxy) is 2. The maximum atomic E-state index is 12.2. The lowest BCUT2D eigenvalue weighted by molar-refractivity contribution is -0.421. The van der Waals surface area contributed by atoms with Gasteiger partial charge in [0.2, 0.25) is 6.29 Å². The summed E-state index contributed by atoms with van der Waals surface area (Å²) < 4.78 is 10.7. The van der Waals surface area contributed by atoms with Crippen LogP contribution in [0.2, 0.25) is 0 Å². The zero-order valence-electron chi connectivity index (χ0n) is 18.0. The second kappa shape index (κ2) is 13.3. The molecule has 0 atom stereocenters. The topological polar surface area (TPSA) is 89.5 Å². The van der Waals surface area contributed by atoms with E-state index in [-0.39, 0.29) is 11.1 Å². The number of hydrogen-bond donors (Lipinski definition) is 0. The molecule has 0 spiro atoms. The minimum absolute atomic E-state index is 0.282. The Morgan fingerprint density at radius 3 is 1.48 bits per heavy atom. The maximum Gasteiger partial charge on any atom is 0.373 e. The Hall–Kier alpha value is -3.10. The van der Waals surface area contributed by atoms with E-state index in [2.05, 4.69) is 0 Å². The summed E-state index contributed by atoms with van der Waals surface area (Å²) in [5.74, 6) is -0.118. The van der Waals surface area contributed by atoms with E-state index in [1.54, 1.807) is 48.5 Å². The van der Waals surface area contributed by atoms with E-state index in [0.29, 0.717) is 37.6 Å². The molecular formula is C23H28O8. The molecule has 0 aromatic heterocycles. The second-order valence-corrected chi connectivity index (χ2v) is 6.42. The molecular weight excluding hydrogens is 404 g/mol. The van der Waals surface area contributed by atoms with E-state index in [9.17, 15) is 9.59 Å². The number of rotatable bonds is 13. The molecule has 0 aliphatic rings. The van der Waals surface area contributed by atoms with Gasteiger partial charge in [0.25, 0.3) is 0 Å². The summed E-state index contributed by atoms with van der Waals surface area (Å²) in [6.07, 6.45) is 0.872. The normalized spacial score (nSPS) is 10.6. The SMILES string of the molecule is CCCCC(OOC(=O)c1ccc(OCC)cc1)OOC(=O)c1ccc(OCC)cc1. The maximum absolute atomic E-state index is 12.2. The van der Waals surface area contributed by atoms with Crippen molar-refractivity contribution in [2.24, 2.45) is 0 Å². The van der Waals surface area contributed by atoms with E-state index in [1.807, 2.05) is 20.8 Å². The number of carbonyl (C=O) groups is 2. The third-order valence-corrected chi connectivity index (χ3v) is 4.06. The summed E-state index contributed by atoms with van der Waals surface area (Å²) in [7, 11) is 0. The first kappa shape index (κ1) is 24.2. The second-order valence-electron chi connectivity index (χ2n) is 6.42. The first-order valence-electron chi connectivity index (χ1n) is 10.3. The van der Waals surface area contributed by atoms with Crippen LogP contribution in [0, 0.1) is 0 Å². The highest BCUT2D eigenvalue weighted by Gasteiger charge is 2.19. The first-order valence-corrected chi connectivity index (χ1v) is 10.3. The van der Waals surface area contributed by atoms with Crippen LogP contribution in [0.3, 0.4) is 0 Å². The molecule has 168 valence electrons. The molecule has 31 heavy (non-hydrogen) atoms. The van der Waals surface area contributed by atoms with Crippen LogP contribution in [-0.2, 0) is 19.6 Å². The standard InChI is InChI=1S/C23H28O8/c1-4-7-8-21(28-30-22(24)17-9-13-19(14-10-17)26-5-2)29-31-23(25)18-11-15-20(16-12-18)27-6-3/h9-16,21H,4-8H2,1-3H3. The smallest absolute Gasteiger partial charge is 0.373 e. The predicted molar refractivity (Wildman–Crippen MR) is 112 cm³/mol. The molecule has 0 saturated heterocycles. The fraction of sp³-hybridized carbons (Fsp3) is 0.391. The van der Waals surface area contributed by atoms with Gasteiger partial charge in [-0.2, -0.15) is 0 Å². The van der Waals surface area contributed by atoms with E-state index < -0.39 is 18.2 Å². The fourth-order valence-corrected chi connectivity index (χ4v) is 2.48. The highest BCUT2D eigenvalue weighted by Crippen LogP contribution is 2.16. The first-order chi connectivity index (χ1) is 15.1. The Balaban J connectivity index is 1.87. The van der Waals surface area contributed by atoms with Gasteiger partial charge in [-0.05, 0) is 68.8 Å².